The summed E-state index contributed by atoms with van der Waals surface area (Å²) in [7, 11) is 0. The molecule has 0 aliphatic rings. The Kier molecular flexibility index (Phi) is 9.95. The van der Waals surface area contributed by atoms with Gasteiger partial charge in [-0.2, -0.15) is 0 Å². The van der Waals surface area contributed by atoms with Crippen molar-refractivity contribution in [2.45, 2.75) is 98.0 Å². The molecule has 0 aliphatic heterocycles. The summed E-state index contributed by atoms with van der Waals surface area (Å²) in [6.07, 6.45) is -0.590. The molecule has 0 radical (unpaired) electrons. The van der Waals surface area contributed by atoms with Crippen molar-refractivity contribution in [2.75, 3.05) is 0 Å². The van der Waals surface area contributed by atoms with Crippen LogP contribution in [0.3, 0.4) is 0 Å². The molecule has 2 unspecified atom stereocenters. The van der Waals surface area contributed by atoms with Crippen LogP contribution in [0.4, 0.5) is 4.79 Å². The zero-order chi connectivity index (χ0) is 28.8. The molecule has 8 nitrogen and oxygen atoms in total. The van der Waals surface area contributed by atoms with Gasteiger partial charge in [0.1, 0.15) is 23.4 Å². The number of nitrogens with zero attached hydrogens (tertiary/aromatic N) is 1. The van der Waals surface area contributed by atoms with E-state index < -0.39 is 35.2 Å². The summed E-state index contributed by atoms with van der Waals surface area (Å²) in [5, 5.41) is 15.4. The molecule has 2 atom stereocenters. The number of phenols is 1. The first-order valence-corrected chi connectivity index (χ1v) is 12.9. The van der Waals surface area contributed by atoms with E-state index in [0.717, 1.165) is 11.1 Å². The lowest BCUT2D eigenvalue weighted by atomic mass is 9.97. The van der Waals surface area contributed by atoms with Crippen LogP contribution in [0.2, 0.25) is 0 Å². The molecular weight excluding hydrogens is 482 g/mol. The van der Waals surface area contributed by atoms with Crippen LogP contribution in [-0.2, 0) is 20.7 Å². The summed E-state index contributed by atoms with van der Waals surface area (Å²) in [4.78, 5) is 42.2. The van der Waals surface area contributed by atoms with Gasteiger partial charge < -0.3 is 25.4 Å². The monoisotopic (exact) mass is 525 g/mol. The molecule has 2 aromatic carbocycles. The molecule has 208 valence electrons. The van der Waals surface area contributed by atoms with E-state index in [2.05, 4.69) is 10.6 Å². The summed E-state index contributed by atoms with van der Waals surface area (Å²) < 4.78 is 5.45. The van der Waals surface area contributed by atoms with Crippen LogP contribution in [0.25, 0.3) is 0 Å². The highest BCUT2D eigenvalue weighted by atomic mass is 16.6. The Morgan fingerprint density at radius 2 is 1.47 bits per heavy atom. The lowest BCUT2D eigenvalue weighted by Gasteiger charge is -2.38. The number of ether oxygens (including phenoxy) is 1. The van der Waals surface area contributed by atoms with Gasteiger partial charge in [-0.15, -0.1) is 0 Å². The molecule has 0 spiro atoms. The Bertz CT molecular complexity index is 1100. The van der Waals surface area contributed by atoms with Gasteiger partial charge in [-0.3, -0.25) is 9.59 Å². The van der Waals surface area contributed by atoms with Crippen molar-refractivity contribution >= 4 is 17.9 Å². The first-order valence-electron chi connectivity index (χ1n) is 12.9. The number of benzene rings is 2. The van der Waals surface area contributed by atoms with E-state index in [1.165, 1.54) is 17.0 Å². The Hall–Kier alpha value is -3.55. The lowest BCUT2D eigenvalue weighted by Crippen LogP contribution is -2.57. The van der Waals surface area contributed by atoms with Gasteiger partial charge in [-0.25, -0.2) is 4.79 Å². The molecule has 0 saturated carbocycles. The largest absolute Gasteiger partial charge is 0.508 e. The van der Waals surface area contributed by atoms with Crippen LogP contribution in [0.15, 0.2) is 48.5 Å². The van der Waals surface area contributed by atoms with Gasteiger partial charge in [0, 0.05) is 18.0 Å². The van der Waals surface area contributed by atoms with Crippen molar-refractivity contribution < 1.29 is 24.2 Å². The predicted molar refractivity (Wildman–Crippen MR) is 149 cm³/mol. The molecule has 3 N–H and O–H groups in total. The summed E-state index contributed by atoms with van der Waals surface area (Å²) >= 11 is 0. The van der Waals surface area contributed by atoms with Gasteiger partial charge in [0.2, 0.25) is 11.8 Å². The van der Waals surface area contributed by atoms with Gasteiger partial charge in [-0.1, -0.05) is 42.0 Å². The molecule has 0 aliphatic carbocycles. The highest BCUT2D eigenvalue weighted by Gasteiger charge is 2.38. The number of phenolic OH excluding ortho intramolecular Hbond substituents is 1. The highest BCUT2D eigenvalue weighted by molar-refractivity contribution is 5.92. The fourth-order valence-corrected chi connectivity index (χ4v) is 4.00. The maximum atomic E-state index is 14.2. The topological polar surface area (TPSA) is 108 Å². The van der Waals surface area contributed by atoms with Crippen molar-refractivity contribution in [1.29, 1.82) is 0 Å². The van der Waals surface area contributed by atoms with E-state index in [-0.39, 0.29) is 24.1 Å². The van der Waals surface area contributed by atoms with Gasteiger partial charge >= 0.3 is 6.09 Å². The van der Waals surface area contributed by atoms with Crippen LogP contribution < -0.4 is 10.6 Å². The average Bonchev–Trinajstić information content (AvgIpc) is 2.76. The Labute approximate surface area is 226 Å². The number of hydrogen-bond donors (Lipinski definition) is 3. The van der Waals surface area contributed by atoms with E-state index in [1.54, 1.807) is 32.9 Å². The number of aryl methyl sites for hydroxylation is 1. The molecule has 0 aromatic heterocycles. The number of hydrogen-bond acceptors (Lipinski definition) is 5. The number of amides is 3. The molecule has 38 heavy (non-hydrogen) atoms. The standard InChI is InChI=1S/C30H43N3O5/c1-19(2)33(25(26(35)32-29(4,5)6)22-14-10-20(3)11-15-22)27(36)24(31-28(37)38-30(7,8)9)18-21-12-16-23(34)17-13-21/h10-17,19,24-25,34H,18H2,1-9H3,(H,31,37)(H,32,35). The van der Waals surface area contributed by atoms with E-state index in [9.17, 15) is 19.5 Å². The molecule has 0 fully saturated rings. The van der Waals surface area contributed by atoms with Gasteiger partial charge in [0.25, 0.3) is 0 Å². The van der Waals surface area contributed by atoms with Crippen LogP contribution in [-0.4, -0.2) is 51.1 Å². The Balaban J connectivity index is 2.55. The molecule has 0 saturated heterocycles. The molecule has 0 heterocycles. The second-order valence-corrected chi connectivity index (χ2v) is 12.0. The minimum Gasteiger partial charge on any atom is -0.508 e. The number of rotatable bonds is 8. The smallest absolute Gasteiger partial charge is 0.408 e. The molecule has 3 amide bonds. The van der Waals surface area contributed by atoms with E-state index in [1.807, 2.05) is 65.8 Å². The van der Waals surface area contributed by atoms with Crippen molar-refractivity contribution in [2.24, 2.45) is 0 Å². The summed E-state index contributed by atoms with van der Waals surface area (Å²) in [5.74, 6) is -0.642. The molecule has 0 bridgehead atoms. The third-order valence-corrected chi connectivity index (χ3v) is 5.59. The normalized spacial score (nSPS) is 13.4. The minimum absolute atomic E-state index is 0.0961. The minimum atomic E-state index is -1.02. The van der Waals surface area contributed by atoms with Crippen molar-refractivity contribution in [3.63, 3.8) is 0 Å². The molecule has 2 aromatic rings. The lowest BCUT2D eigenvalue weighted by molar-refractivity contribution is -0.145. The van der Waals surface area contributed by atoms with Gasteiger partial charge in [-0.05, 0) is 85.6 Å². The Morgan fingerprint density at radius 3 is 1.95 bits per heavy atom. The molecule has 8 heteroatoms. The number of carbonyl (C=O) groups is 3. The Morgan fingerprint density at radius 1 is 0.921 bits per heavy atom. The van der Waals surface area contributed by atoms with Crippen LogP contribution >= 0.6 is 0 Å². The number of aromatic hydroxyl groups is 1. The van der Waals surface area contributed by atoms with Crippen LogP contribution in [0.1, 0.15) is 78.1 Å². The first-order chi connectivity index (χ1) is 17.5. The maximum absolute atomic E-state index is 14.2. The third-order valence-electron chi connectivity index (χ3n) is 5.59. The molecule has 2 rings (SSSR count). The van der Waals surface area contributed by atoms with Crippen LogP contribution in [0, 0.1) is 6.92 Å². The quantitative estimate of drug-likeness (QED) is 0.448. The van der Waals surface area contributed by atoms with Crippen molar-refractivity contribution in [3.05, 3.63) is 65.2 Å². The van der Waals surface area contributed by atoms with Crippen LogP contribution in [0.5, 0.6) is 5.75 Å². The zero-order valence-corrected chi connectivity index (χ0v) is 24.1. The third kappa shape index (κ3) is 9.39. The fraction of sp³-hybridized carbons (Fsp3) is 0.500. The average molecular weight is 526 g/mol. The van der Waals surface area contributed by atoms with E-state index in [0.29, 0.717) is 5.56 Å². The van der Waals surface area contributed by atoms with Gasteiger partial charge in [0.15, 0.2) is 0 Å². The molecular formula is C30H43N3O5. The first kappa shape index (κ1) is 30.7. The van der Waals surface area contributed by atoms with E-state index in [4.69, 9.17) is 4.74 Å². The number of nitrogens with one attached hydrogen (secondary N) is 2. The maximum Gasteiger partial charge on any atom is 0.408 e. The van der Waals surface area contributed by atoms with E-state index >= 15 is 0 Å². The van der Waals surface area contributed by atoms with Crippen molar-refractivity contribution in [1.82, 2.24) is 15.5 Å². The number of alkyl carbamates (subject to hydrolysis) is 1. The summed E-state index contributed by atoms with van der Waals surface area (Å²) in [6.45, 7) is 16.5. The van der Waals surface area contributed by atoms with Gasteiger partial charge in [0.05, 0.1) is 0 Å². The summed E-state index contributed by atoms with van der Waals surface area (Å²) in [5.41, 5.74) is 1.15. The summed E-state index contributed by atoms with van der Waals surface area (Å²) in [6, 6.07) is 11.6. The predicted octanol–water partition coefficient (Wildman–Crippen LogP) is 5.03. The SMILES string of the molecule is Cc1ccc(C(C(=O)NC(C)(C)C)N(C(=O)C(Cc2ccc(O)cc2)NC(=O)OC(C)(C)C)C(C)C)cc1. The zero-order valence-electron chi connectivity index (χ0n) is 24.1. The second kappa shape index (κ2) is 12.3. The fourth-order valence-electron chi connectivity index (χ4n) is 4.00. The second-order valence-electron chi connectivity index (χ2n) is 12.0. The number of carbonyl (C=O) groups excluding carboxylic acids is 3. The van der Waals surface area contributed by atoms with Crippen molar-refractivity contribution in [3.8, 4) is 5.75 Å². The highest BCUT2D eigenvalue weighted by Crippen LogP contribution is 2.27.